The fourth-order valence-corrected chi connectivity index (χ4v) is 2.68. The summed E-state index contributed by atoms with van der Waals surface area (Å²) in [5.41, 5.74) is 1.84. The maximum Gasteiger partial charge on any atom is 0.353 e. The molecule has 0 fully saturated rings. The van der Waals surface area contributed by atoms with Gasteiger partial charge in [0.15, 0.2) is 0 Å². The van der Waals surface area contributed by atoms with E-state index in [1.54, 1.807) is 37.3 Å². The average Bonchev–Trinajstić information content (AvgIpc) is 2.70. The number of benzene rings is 2. The highest BCUT2D eigenvalue weighted by atomic mass is 16.6. The Labute approximate surface area is 166 Å². The summed E-state index contributed by atoms with van der Waals surface area (Å²) in [5, 5.41) is 17.6. The minimum Gasteiger partial charge on any atom is -0.462 e. The van der Waals surface area contributed by atoms with Crippen molar-refractivity contribution in [2.24, 2.45) is 0 Å². The number of nitrogens with zero attached hydrogens (tertiary/aromatic N) is 3. The maximum absolute atomic E-state index is 12.2. The third-order valence-electron chi connectivity index (χ3n) is 4.08. The molecule has 0 saturated heterocycles. The second kappa shape index (κ2) is 8.79. The van der Waals surface area contributed by atoms with E-state index in [4.69, 9.17) is 4.74 Å². The number of anilines is 4. The first kappa shape index (κ1) is 19.7. The molecule has 1 heterocycles. The molecule has 148 valence electrons. The van der Waals surface area contributed by atoms with Crippen LogP contribution in [0.2, 0.25) is 0 Å². The Kier molecular flexibility index (Phi) is 5.98. The van der Waals surface area contributed by atoms with E-state index in [1.807, 2.05) is 25.1 Å². The molecule has 0 aliphatic carbocycles. The van der Waals surface area contributed by atoms with Crippen LogP contribution in [0, 0.1) is 17.0 Å². The van der Waals surface area contributed by atoms with Gasteiger partial charge in [0.1, 0.15) is 6.33 Å². The second-order valence-electron chi connectivity index (χ2n) is 6.01. The Morgan fingerprint density at radius 1 is 1.03 bits per heavy atom. The van der Waals surface area contributed by atoms with Gasteiger partial charge in [-0.25, -0.2) is 14.8 Å². The lowest BCUT2D eigenvalue weighted by Crippen LogP contribution is -2.10. The van der Waals surface area contributed by atoms with E-state index < -0.39 is 10.9 Å². The molecule has 9 heteroatoms. The highest BCUT2D eigenvalue weighted by molar-refractivity contribution is 5.97. The van der Waals surface area contributed by atoms with Gasteiger partial charge >= 0.3 is 11.7 Å². The van der Waals surface area contributed by atoms with Crippen molar-refractivity contribution in [3.8, 4) is 0 Å². The van der Waals surface area contributed by atoms with E-state index in [-0.39, 0.29) is 29.5 Å². The zero-order valence-corrected chi connectivity index (χ0v) is 15.9. The number of rotatable bonds is 7. The second-order valence-corrected chi connectivity index (χ2v) is 6.01. The molecule has 0 aliphatic heterocycles. The molecule has 2 aromatic carbocycles. The number of nitrogens with one attached hydrogen (secondary N) is 2. The summed E-state index contributed by atoms with van der Waals surface area (Å²) in [5.74, 6) is -0.543. The van der Waals surface area contributed by atoms with Crippen LogP contribution in [0.4, 0.5) is 28.7 Å². The zero-order chi connectivity index (χ0) is 20.8. The number of aromatic nitrogens is 2. The van der Waals surface area contributed by atoms with Crippen LogP contribution in [0.15, 0.2) is 54.9 Å². The highest BCUT2D eigenvalue weighted by Gasteiger charge is 2.25. The monoisotopic (exact) mass is 393 g/mol. The van der Waals surface area contributed by atoms with Gasteiger partial charge in [-0.05, 0) is 37.6 Å². The standard InChI is InChI=1S/C20H19N5O4/c1-3-29-20(26)14-9-5-7-11-16(14)24-19-17(25(27)28)18(21-12-22-19)23-15-10-6-4-8-13(15)2/h4-12H,3H2,1-2H3,(H2,21,22,23,24). The molecule has 0 atom stereocenters. The number of carbonyl (C=O) groups is 1. The van der Waals surface area contributed by atoms with Crippen molar-refractivity contribution >= 4 is 34.7 Å². The van der Waals surface area contributed by atoms with Crippen LogP contribution in [0.25, 0.3) is 0 Å². The lowest BCUT2D eigenvalue weighted by atomic mass is 10.1. The Morgan fingerprint density at radius 2 is 1.62 bits per heavy atom. The third-order valence-corrected chi connectivity index (χ3v) is 4.08. The van der Waals surface area contributed by atoms with Crippen molar-refractivity contribution in [2.75, 3.05) is 17.2 Å². The first-order valence-electron chi connectivity index (χ1n) is 8.86. The number of carbonyl (C=O) groups excluding carboxylic acids is 1. The van der Waals surface area contributed by atoms with Gasteiger partial charge in [-0.1, -0.05) is 30.3 Å². The number of hydrogen-bond acceptors (Lipinski definition) is 8. The Bertz CT molecular complexity index is 1050. The predicted octanol–water partition coefficient (Wildman–Crippen LogP) is 4.36. The Balaban J connectivity index is 2.00. The molecule has 29 heavy (non-hydrogen) atoms. The molecule has 0 amide bonds. The molecule has 3 rings (SSSR count). The van der Waals surface area contributed by atoms with Gasteiger partial charge in [-0.15, -0.1) is 0 Å². The van der Waals surface area contributed by atoms with Gasteiger partial charge in [0.25, 0.3) is 0 Å². The van der Waals surface area contributed by atoms with E-state index in [2.05, 4.69) is 20.6 Å². The number of esters is 1. The quantitative estimate of drug-likeness (QED) is 0.345. The normalized spacial score (nSPS) is 10.3. The van der Waals surface area contributed by atoms with Crippen LogP contribution in [0.3, 0.4) is 0 Å². The molecule has 0 bridgehead atoms. The number of para-hydroxylation sites is 2. The van der Waals surface area contributed by atoms with Crippen LogP contribution < -0.4 is 10.6 Å². The zero-order valence-electron chi connectivity index (χ0n) is 15.9. The van der Waals surface area contributed by atoms with Gasteiger partial charge in [0, 0.05) is 5.69 Å². The molecule has 9 nitrogen and oxygen atoms in total. The minimum absolute atomic E-state index is 0.0374. The molecule has 2 N–H and O–H groups in total. The van der Waals surface area contributed by atoms with Crippen molar-refractivity contribution in [3.63, 3.8) is 0 Å². The van der Waals surface area contributed by atoms with Crippen molar-refractivity contribution < 1.29 is 14.5 Å². The van der Waals surface area contributed by atoms with Crippen LogP contribution in [0.5, 0.6) is 0 Å². The van der Waals surface area contributed by atoms with Crippen molar-refractivity contribution in [3.05, 3.63) is 76.1 Å². The smallest absolute Gasteiger partial charge is 0.353 e. The molecular formula is C20H19N5O4. The summed E-state index contributed by atoms with van der Waals surface area (Å²) in [6, 6.07) is 13.9. The summed E-state index contributed by atoms with van der Waals surface area (Å²) in [6.45, 7) is 3.79. The lowest BCUT2D eigenvalue weighted by molar-refractivity contribution is -0.383. The summed E-state index contributed by atoms with van der Waals surface area (Å²) < 4.78 is 5.04. The van der Waals surface area contributed by atoms with E-state index in [9.17, 15) is 14.9 Å². The topological polar surface area (TPSA) is 119 Å². The average molecular weight is 393 g/mol. The third kappa shape index (κ3) is 4.46. The summed E-state index contributed by atoms with van der Waals surface area (Å²) in [7, 11) is 0. The van der Waals surface area contributed by atoms with Gasteiger partial charge in [0.05, 0.1) is 22.8 Å². The van der Waals surface area contributed by atoms with Crippen molar-refractivity contribution in [2.45, 2.75) is 13.8 Å². The largest absolute Gasteiger partial charge is 0.462 e. The minimum atomic E-state index is -0.573. The first-order valence-corrected chi connectivity index (χ1v) is 8.86. The Morgan fingerprint density at radius 3 is 2.24 bits per heavy atom. The lowest BCUT2D eigenvalue weighted by Gasteiger charge is -2.13. The van der Waals surface area contributed by atoms with E-state index in [0.29, 0.717) is 11.4 Å². The highest BCUT2D eigenvalue weighted by Crippen LogP contribution is 2.34. The molecule has 0 aliphatic rings. The molecule has 1 aromatic heterocycles. The predicted molar refractivity (Wildman–Crippen MR) is 109 cm³/mol. The van der Waals surface area contributed by atoms with Crippen LogP contribution in [-0.2, 0) is 4.74 Å². The number of hydrogen-bond donors (Lipinski definition) is 2. The SMILES string of the molecule is CCOC(=O)c1ccccc1Nc1ncnc(Nc2ccccc2C)c1[N+](=O)[O-]. The molecule has 3 aromatic rings. The fraction of sp³-hybridized carbons (Fsp3) is 0.150. The summed E-state index contributed by atoms with van der Waals surface area (Å²) in [6.07, 6.45) is 1.21. The maximum atomic E-state index is 12.2. The van der Waals surface area contributed by atoms with E-state index >= 15 is 0 Å². The fourth-order valence-electron chi connectivity index (χ4n) is 2.68. The van der Waals surface area contributed by atoms with Gasteiger partial charge in [-0.3, -0.25) is 10.1 Å². The van der Waals surface area contributed by atoms with Crippen LogP contribution in [-0.4, -0.2) is 27.5 Å². The Hall–Kier alpha value is -4.01. The van der Waals surface area contributed by atoms with Gasteiger partial charge < -0.3 is 15.4 Å². The number of nitro groups is 1. The van der Waals surface area contributed by atoms with Crippen LogP contribution in [0.1, 0.15) is 22.8 Å². The molecular weight excluding hydrogens is 374 g/mol. The van der Waals surface area contributed by atoms with Gasteiger partial charge in [0.2, 0.25) is 11.6 Å². The van der Waals surface area contributed by atoms with Crippen molar-refractivity contribution in [1.82, 2.24) is 9.97 Å². The summed E-state index contributed by atoms with van der Waals surface area (Å²) >= 11 is 0. The first-order chi connectivity index (χ1) is 14.0. The van der Waals surface area contributed by atoms with Gasteiger partial charge in [-0.2, -0.15) is 0 Å². The number of ether oxygens (including phenoxy) is 1. The number of aryl methyl sites for hydroxylation is 1. The molecule has 0 saturated carbocycles. The molecule has 0 unspecified atom stereocenters. The van der Waals surface area contributed by atoms with E-state index in [0.717, 1.165) is 5.56 Å². The molecule has 0 spiro atoms. The summed E-state index contributed by atoms with van der Waals surface area (Å²) in [4.78, 5) is 31.4. The van der Waals surface area contributed by atoms with Crippen LogP contribution >= 0.6 is 0 Å². The van der Waals surface area contributed by atoms with Crippen molar-refractivity contribution in [1.29, 1.82) is 0 Å². The van der Waals surface area contributed by atoms with E-state index in [1.165, 1.54) is 6.33 Å². The molecule has 0 radical (unpaired) electrons.